The standard InChI is InChI=1S/C20H28N4O3/c1-13-16(20(26)27-2)10-14(11-21)19(22-13)24-9-8-17(18(25)12-24)23-15-6-4-3-5-7-15/h10,15,17-18,23,25H,3-9,12H2,1-2H3. The maximum atomic E-state index is 11.8. The lowest BCUT2D eigenvalue weighted by Gasteiger charge is -2.39. The molecule has 1 saturated carbocycles. The zero-order valence-electron chi connectivity index (χ0n) is 16.1. The Hall–Kier alpha value is -2.17. The van der Waals surface area contributed by atoms with Crippen LogP contribution in [0.5, 0.6) is 0 Å². The Kier molecular flexibility index (Phi) is 6.30. The zero-order chi connectivity index (χ0) is 19.4. The minimum absolute atomic E-state index is 0.0744. The molecule has 0 spiro atoms. The van der Waals surface area contributed by atoms with Crippen molar-refractivity contribution in [1.29, 1.82) is 5.26 Å². The van der Waals surface area contributed by atoms with Crippen LogP contribution in [0.1, 0.15) is 60.1 Å². The van der Waals surface area contributed by atoms with Gasteiger partial charge in [-0.2, -0.15) is 5.26 Å². The summed E-state index contributed by atoms with van der Waals surface area (Å²) in [5.74, 6) is 0.0243. The lowest BCUT2D eigenvalue weighted by Crippen LogP contribution is -2.55. The summed E-state index contributed by atoms with van der Waals surface area (Å²) in [6.07, 6.45) is 6.46. The summed E-state index contributed by atoms with van der Waals surface area (Å²) in [6, 6.07) is 4.23. The van der Waals surface area contributed by atoms with Crippen LogP contribution in [0, 0.1) is 18.3 Å². The van der Waals surface area contributed by atoms with Gasteiger partial charge >= 0.3 is 5.97 Å². The monoisotopic (exact) mass is 372 g/mol. The van der Waals surface area contributed by atoms with Crippen molar-refractivity contribution in [1.82, 2.24) is 10.3 Å². The number of carbonyl (C=O) groups is 1. The summed E-state index contributed by atoms with van der Waals surface area (Å²) in [6.45, 7) is 2.86. The number of anilines is 1. The number of esters is 1. The maximum Gasteiger partial charge on any atom is 0.339 e. The van der Waals surface area contributed by atoms with E-state index in [4.69, 9.17) is 4.74 Å². The molecule has 1 saturated heterocycles. The Bertz CT molecular complexity index is 725. The van der Waals surface area contributed by atoms with Gasteiger partial charge in [0.2, 0.25) is 0 Å². The molecule has 146 valence electrons. The lowest BCUT2D eigenvalue weighted by molar-refractivity contribution is 0.0599. The summed E-state index contributed by atoms with van der Waals surface area (Å²) in [4.78, 5) is 18.3. The van der Waals surface area contributed by atoms with Gasteiger partial charge in [-0.15, -0.1) is 0 Å². The quantitative estimate of drug-likeness (QED) is 0.779. The largest absolute Gasteiger partial charge is 0.465 e. The highest BCUT2D eigenvalue weighted by molar-refractivity contribution is 5.91. The van der Waals surface area contributed by atoms with Crippen molar-refractivity contribution < 1.29 is 14.6 Å². The highest BCUT2D eigenvalue weighted by Gasteiger charge is 2.31. The number of rotatable bonds is 4. The number of aliphatic hydroxyl groups is 1. The van der Waals surface area contributed by atoms with Gasteiger partial charge in [0.25, 0.3) is 0 Å². The van der Waals surface area contributed by atoms with Gasteiger partial charge in [-0.3, -0.25) is 0 Å². The minimum atomic E-state index is -0.519. The molecule has 1 aliphatic heterocycles. The number of ether oxygens (including phenoxy) is 1. The average molecular weight is 372 g/mol. The Labute approximate surface area is 160 Å². The SMILES string of the molecule is COC(=O)c1cc(C#N)c(N2CCC(NC3CCCCC3)C(O)C2)nc1C. The molecule has 7 heteroatoms. The van der Waals surface area contributed by atoms with Crippen LogP contribution in [-0.4, -0.2) is 54.4 Å². The molecule has 2 N–H and O–H groups in total. The summed E-state index contributed by atoms with van der Waals surface area (Å²) in [5, 5.41) is 23.8. The number of nitrogens with zero attached hydrogens (tertiary/aromatic N) is 3. The molecule has 2 unspecified atom stereocenters. The van der Waals surface area contributed by atoms with E-state index in [9.17, 15) is 15.2 Å². The van der Waals surface area contributed by atoms with Gasteiger partial charge in [0.1, 0.15) is 11.9 Å². The number of aromatic nitrogens is 1. The molecule has 0 radical (unpaired) electrons. The summed E-state index contributed by atoms with van der Waals surface area (Å²) < 4.78 is 4.75. The number of pyridine rings is 1. The van der Waals surface area contributed by atoms with Crippen LogP contribution in [0.15, 0.2) is 6.07 Å². The van der Waals surface area contributed by atoms with Gasteiger partial charge in [-0.05, 0) is 32.3 Å². The Morgan fingerprint density at radius 2 is 2.11 bits per heavy atom. The second-order valence-electron chi connectivity index (χ2n) is 7.51. The van der Waals surface area contributed by atoms with E-state index in [-0.39, 0.29) is 6.04 Å². The highest BCUT2D eigenvalue weighted by Crippen LogP contribution is 2.26. The van der Waals surface area contributed by atoms with Gasteiger partial charge in [-0.25, -0.2) is 9.78 Å². The number of β-amino-alcohol motifs (C(OH)–C–C–N with tert-alkyl or cyclic N) is 1. The van der Waals surface area contributed by atoms with E-state index < -0.39 is 12.1 Å². The van der Waals surface area contributed by atoms with Gasteiger partial charge in [0.05, 0.1) is 30.0 Å². The predicted octanol–water partition coefficient (Wildman–Crippen LogP) is 1.91. The van der Waals surface area contributed by atoms with Crippen LogP contribution in [0.4, 0.5) is 5.82 Å². The van der Waals surface area contributed by atoms with Crippen LogP contribution in [0.25, 0.3) is 0 Å². The van der Waals surface area contributed by atoms with Gasteiger partial charge in [0, 0.05) is 25.2 Å². The van der Waals surface area contributed by atoms with Crippen LogP contribution < -0.4 is 10.2 Å². The number of methoxy groups -OCH3 is 1. The third-order valence-electron chi connectivity index (χ3n) is 5.66. The molecule has 1 aliphatic carbocycles. The molecule has 3 rings (SSSR count). The van der Waals surface area contributed by atoms with Gasteiger partial charge in [0.15, 0.2) is 0 Å². The number of hydrogen-bond donors (Lipinski definition) is 2. The number of hydrogen-bond acceptors (Lipinski definition) is 7. The lowest BCUT2D eigenvalue weighted by atomic mass is 9.92. The van der Waals surface area contributed by atoms with Crippen LogP contribution >= 0.6 is 0 Å². The Morgan fingerprint density at radius 3 is 2.74 bits per heavy atom. The average Bonchev–Trinajstić information content (AvgIpc) is 2.69. The maximum absolute atomic E-state index is 11.8. The fourth-order valence-corrected chi connectivity index (χ4v) is 4.12. The van der Waals surface area contributed by atoms with E-state index in [1.165, 1.54) is 45.3 Å². The van der Waals surface area contributed by atoms with Crippen molar-refractivity contribution >= 4 is 11.8 Å². The highest BCUT2D eigenvalue weighted by atomic mass is 16.5. The molecular formula is C20H28N4O3. The Balaban J connectivity index is 1.72. The smallest absolute Gasteiger partial charge is 0.339 e. The molecular weight excluding hydrogens is 344 g/mol. The molecule has 7 nitrogen and oxygen atoms in total. The second-order valence-corrected chi connectivity index (χ2v) is 7.51. The van der Waals surface area contributed by atoms with Gasteiger partial charge < -0.3 is 20.1 Å². The van der Waals surface area contributed by atoms with Crippen molar-refractivity contribution in [2.24, 2.45) is 0 Å². The number of piperidine rings is 1. The molecule has 0 aromatic carbocycles. The first-order valence-electron chi connectivity index (χ1n) is 9.72. The summed E-state index contributed by atoms with van der Waals surface area (Å²) in [7, 11) is 1.31. The van der Waals surface area contributed by atoms with Crippen LogP contribution in [0.3, 0.4) is 0 Å². The van der Waals surface area contributed by atoms with E-state index in [2.05, 4.69) is 16.4 Å². The fraction of sp³-hybridized carbons (Fsp3) is 0.650. The predicted molar refractivity (Wildman–Crippen MR) is 102 cm³/mol. The molecule has 27 heavy (non-hydrogen) atoms. The number of nitrogens with one attached hydrogen (secondary N) is 1. The van der Waals surface area contributed by atoms with Gasteiger partial charge in [-0.1, -0.05) is 19.3 Å². The minimum Gasteiger partial charge on any atom is -0.465 e. The van der Waals surface area contributed by atoms with Crippen LogP contribution in [-0.2, 0) is 4.74 Å². The zero-order valence-corrected chi connectivity index (χ0v) is 16.1. The summed E-state index contributed by atoms with van der Waals surface area (Å²) >= 11 is 0. The van der Waals surface area contributed by atoms with E-state index >= 15 is 0 Å². The molecule has 2 heterocycles. The van der Waals surface area contributed by atoms with Crippen molar-refractivity contribution in [2.45, 2.75) is 63.6 Å². The number of aryl methyl sites for hydroxylation is 1. The molecule has 1 aromatic rings. The number of aliphatic hydroxyl groups excluding tert-OH is 1. The molecule has 0 amide bonds. The van der Waals surface area contributed by atoms with E-state index in [1.807, 2.05) is 4.90 Å². The number of nitriles is 1. The normalized spacial score (nSPS) is 23.7. The molecule has 2 fully saturated rings. The van der Waals surface area contributed by atoms with E-state index in [1.54, 1.807) is 6.92 Å². The third-order valence-corrected chi connectivity index (χ3v) is 5.66. The fourth-order valence-electron chi connectivity index (χ4n) is 4.12. The van der Waals surface area contributed by atoms with Crippen molar-refractivity contribution in [3.8, 4) is 6.07 Å². The second kappa shape index (κ2) is 8.68. The first kappa shape index (κ1) is 19.6. The Morgan fingerprint density at radius 1 is 1.37 bits per heavy atom. The van der Waals surface area contributed by atoms with Crippen LogP contribution in [0.2, 0.25) is 0 Å². The van der Waals surface area contributed by atoms with Crippen molar-refractivity contribution in [3.63, 3.8) is 0 Å². The summed E-state index contributed by atoms with van der Waals surface area (Å²) in [5.41, 5.74) is 1.15. The van der Waals surface area contributed by atoms with Crippen molar-refractivity contribution in [2.75, 3.05) is 25.1 Å². The number of carbonyl (C=O) groups excluding carboxylic acids is 1. The molecule has 2 aliphatic rings. The molecule has 0 bridgehead atoms. The molecule has 2 atom stereocenters. The first-order chi connectivity index (χ1) is 13.0. The van der Waals surface area contributed by atoms with E-state index in [0.717, 1.165) is 6.42 Å². The topological polar surface area (TPSA) is 98.5 Å². The van der Waals surface area contributed by atoms with Crippen molar-refractivity contribution in [3.05, 3.63) is 22.9 Å². The molecule has 1 aromatic heterocycles. The third kappa shape index (κ3) is 4.40. The first-order valence-corrected chi connectivity index (χ1v) is 9.72. The van der Waals surface area contributed by atoms with E-state index in [0.29, 0.717) is 41.8 Å².